The fourth-order valence-electron chi connectivity index (χ4n) is 1.04. The van der Waals surface area contributed by atoms with Gasteiger partial charge in [0.25, 0.3) is 0 Å². The zero-order valence-corrected chi connectivity index (χ0v) is 11.0. The molecular weight excluding hydrogens is 256 g/mol. The Morgan fingerprint density at radius 1 is 1.47 bits per heavy atom. The zero-order chi connectivity index (χ0) is 11.3. The van der Waals surface area contributed by atoms with Crippen molar-refractivity contribution in [2.75, 3.05) is 20.2 Å². The lowest BCUT2D eigenvalue weighted by Gasteiger charge is -2.20. The Labute approximate surface area is 99.6 Å². The van der Waals surface area contributed by atoms with E-state index in [4.69, 9.17) is 4.74 Å². The highest BCUT2D eigenvalue weighted by molar-refractivity contribution is 9.10. The predicted octanol–water partition coefficient (Wildman–Crippen LogP) is 2.56. The second kappa shape index (κ2) is 6.08. The van der Waals surface area contributed by atoms with Crippen LogP contribution in [0.25, 0.3) is 0 Å². The molecule has 0 saturated heterocycles. The Hall–Kier alpha value is -0.610. The quantitative estimate of drug-likeness (QED) is 0.824. The first kappa shape index (κ1) is 12.5. The van der Waals surface area contributed by atoms with E-state index in [-0.39, 0.29) is 0 Å². The van der Waals surface area contributed by atoms with Gasteiger partial charge in [-0.1, -0.05) is 0 Å². The minimum atomic E-state index is 0.550. The molecule has 0 bridgehead atoms. The normalized spacial score (nSPS) is 11.1. The molecule has 84 valence electrons. The zero-order valence-electron chi connectivity index (χ0n) is 9.40. The Bertz CT molecular complexity index is 304. The maximum Gasteiger partial charge on any atom is 0.138 e. The molecule has 4 heteroatoms. The van der Waals surface area contributed by atoms with Crippen molar-refractivity contribution in [1.29, 1.82) is 0 Å². The van der Waals surface area contributed by atoms with E-state index in [1.807, 2.05) is 6.07 Å². The number of likely N-dealkylation sites (N-methyl/N-ethyl adjacent to an activating group) is 1. The third-order valence-corrected chi connectivity index (χ3v) is 2.71. The van der Waals surface area contributed by atoms with Crippen LogP contribution in [0.1, 0.15) is 13.8 Å². The molecular formula is C11H17BrN2O. The molecule has 1 aromatic heterocycles. The van der Waals surface area contributed by atoms with Crippen LogP contribution in [0, 0.1) is 0 Å². The standard InChI is InChI=1S/C11H17BrN2O/c1-9(2)14(3)4-5-15-11-6-10(12)7-13-8-11/h6-9H,4-5H2,1-3H3. The summed E-state index contributed by atoms with van der Waals surface area (Å²) in [6.07, 6.45) is 3.47. The van der Waals surface area contributed by atoms with Gasteiger partial charge in [-0.2, -0.15) is 0 Å². The SMILES string of the molecule is CC(C)N(C)CCOc1cncc(Br)c1. The van der Waals surface area contributed by atoms with Crippen molar-refractivity contribution in [2.45, 2.75) is 19.9 Å². The van der Waals surface area contributed by atoms with Gasteiger partial charge >= 0.3 is 0 Å². The molecule has 0 radical (unpaired) electrons. The molecule has 0 spiro atoms. The summed E-state index contributed by atoms with van der Waals surface area (Å²) in [6, 6.07) is 2.47. The predicted molar refractivity (Wildman–Crippen MR) is 65.2 cm³/mol. The van der Waals surface area contributed by atoms with Crippen LogP contribution in [0.15, 0.2) is 22.9 Å². The average molecular weight is 273 g/mol. The number of aromatic nitrogens is 1. The van der Waals surface area contributed by atoms with Gasteiger partial charge < -0.3 is 9.64 Å². The first-order valence-corrected chi connectivity index (χ1v) is 5.82. The van der Waals surface area contributed by atoms with Gasteiger partial charge in [-0.3, -0.25) is 4.98 Å². The van der Waals surface area contributed by atoms with Crippen LogP contribution < -0.4 is 4.74 Å². The number of hydrogen-bond acceptors (Lipinski definition) is 3. The molecule has 0 atom stereocenters. The summed E-state index contributed by atoms with van der Waals surface area (Å²) in [6.45, 7) is 5.94. The molecule has 0 aliphatic heterocycles. The summed E-state index contributed by atoms with van der Waals surface area (Å²) in [7, 11) is 2.09. The number of nitrogens with zero attached hydrogens (tertiary/aromatic N) is 2. The van der Waals surface area contributed by atoms with Gasteiger partial charge in [-0.25, -0.2) is 0 Å². The van der Waals surface area contributed by atoms with Crippen LogP contribution in [0.2, 0.25) is 0 Å². The number of ether oxygens (including phenoxy) is 1. The molecule has 1 aromatic rings. The molecule has 0 saturated carbocycles. The largest absolute Gasteiger partial charge is 0.491 e. The molecule has 0 fully saturated rings. The second-order valence-electron chi connectivity index (χ2n) is 3.76. The van der Waals surface area contributed by atoms with Crippen LogP contribution in [-0.4, -0.2) is 36.1 Å². The smallest absolute Gasteiger partial charge is 0.138 e. The van der Waals surface area contributed by atoms with Gasteiger partial charge in [0.15, 0.2) is 0 Å². The number of halogens is 1. The summed E-state index contributed by atoms with van der Waals surface area (Å²) in [5.41, 5.74) is 0. The molecule has 0 aliphatic rings. The van der Waals surface area contributed by atoms with Gasteiger partial charge in [0.1, 0.15) is 12.4 Å². The topological polar surface area (TPSA) is 25.4 Å². The lowest BCUT2D eigenvalue weighted by molar-refractivity contribution is 0.208. The van der Waals surface area contributed by atoms with E-state index in [0.717, 1.165) is 16.8 Å². The van der Waals surface area contributed by atoms with Gasteiger partial charge in [0, 0.05) is 23.3 Å². The third-order valence-electron chi connectivity index (χ3n) is 2.27. The minimum absolute atomic E-state index is 0.550. The molecule has 1 heterocycles. The van der Waals surface area contributed by atoms with Crippen LogP contribution in [0.3, 0.4) is 0 Å². The van der Waals surface area contributed by atoms with Gasteiger partial charge in [-0.05, 0) is 42.9 Å². The van der Waals surface area contributed by atoms with Crippen molar-refractivity contribution in [3.05, 3.63) is 22.9 Å². The van der Waals surface area contributed by atoms with Crippen LogP contribution >= 0.6 is 15.9 Å². The van der Waals surface area contributed by atoms with E-state index in [0.29, 0.717) is 12.6 Å². The second-order valence-corrected chi connectivity index (χ2v) is 4.68. The summed E-state index contributed by atoms with van der Waals surface area (Å²) in [5, 5.41) is 0. The minimum Gasteiger partial charge on any atom is -0.491 e. The lowest BCUT2D eigenvalue weighted by Crippen LogP contribution is -2.30. The first-order valence-electron chi connectivity index (χ1n) is 5.03. The number of hydrogen-bond donors (Lipinski definition) is 0. The van der Waals surface area contributed by atoms with Crippen molar-refractivity contribution in [1.82, 2.24) is 9.88 Å². The van der Waals surface area contributed by atoms with Gasteiger partial charge in [0.2, 0.25) is 0 Å². The van der Waals surface area contributed by atoms with E-state index in [1.165, 1.54) is 0 Å². The summed E-state index contributed by atoms with van der Waals surface area (Å²) in [4.78, 5) is 6.27. The summed E-state index contributed by atoms with van der Waals surface area (Å²) < 4.78 is 6.52. The average Bonchev–Trinajstić information content (AvgIpc) is 2.17. The highest BCUT2D eigenvalue weighted by Crippen LogP contribution is 2.15. The van der Waals surface area contributed by atoms with Crippen LogP contribution in [-0.2, 0) is 0 Å². The van der Waals surface area contributed by atoms with E-state index in [1.54, 1.807) is 12.4 Å². The van der Waals surface area contributed by atoms with E-state index >= 15 is 0 Å². The van der Waals surface area contributed by atoms with Crippen molar-refractivity contribution in [2.24, 2.45) is 0 Å². The molecule has 1 rings (SSSR count). The van der Waals surface area contributed by atoms with Crippen molar-refractivity contribution < 1.29 is 4.74 Å². The maximum atomic E-state index is 5.57. The Morgan fingerprint density at radius 3 is 2.80 bits per heavy atom. The number of pyridine rings is 1. The summed E-state index contributed by atoms with van der Waals surface area (Å²) >= 11 is 3.35. The summed E-state index contributed by atoms with van der Waals surface area (Å²) in [5.74, 6) is 0.807. The Balaban J connectivity index is 2.32. The fourth-order valence-corrected chi connectivity index (χ4v) is 1.38. The van der Waals surface area contributed by atoms with Crippen LogP contribution in [0.4, 0.5) is 0 Å². The van der Waals surface area contributed by atoms with Crippen molar-refractivity contribution in [3.8, 4) is 5.75 Å². The van der Waals surface area contributed by atoms with Crippen LogP contribution in [0.5, 0.6) is 5.75 Å². The third kappa shape index (κ3) is 4.62. The Morgan fingerprint density at radius 2 is 2.20 bits per heavy atom. The van der Waals surface area contributed by atoms with E-state index in [9.17, 15) is 0 Å². The molecule has 15 heavy (non-hydrogen) atoms. The highest BCUT2D eigenvalue weighted by Gasteiger charge is 2.02. The highest BCUT2D eigenvalue weighted by atomic mass is 79.9. The van der Waals surface area contributed by atoms with E-state index in [2.05, 4.69) is 46.7 Å². The molecule has 0 unspecified atom stereocenters. The maximum absolute atomic E-state index is 5.57. The first-order chi connectivity index (χ1) is 7.09. The van der Waals surface area contributed by atoms with Gasteiger partial charge in [0.05, 0.1) is 6.20 Å². The molecule has 0 amide bonds. The molecule has 0 N–H and O–H groups in total. The van der Waals surface area contributed by atoms with Gasteiger partial charge in [-0.15, -0.1) is 0 Å². The number of rotatable bonds is 5. The Kier molecular flexibility index (Phi) is 5.05. The molecule has 3 nitrogen and oxygen atoms in total. The fraction of sp³-hybridized carbons (Fsp3) is 0.545. The van der Waals surface area contributed by atoms with Crippen molar-refractivity contribution >= 4 is 15.9 Å². The molecule has 0 aliphatic carbocycles. The van der Waals surface area contributed by atoms with E-state index < -0.39 is 0 Å². The lowest BCUT2D eigenvalue weighted by atomic mass is 10.3. The van der Waals surface area contributed by atoms with Crippen molar-refractivity contribution in [3.63, 3.8) is 0 Å². The molecule has 0 aromatic carbocycles. The monoisotopic (exact) mass is 272 g/mol.